The molecule has 0 unspecified atom stereocenters. The van der Waals surface area contributed by atoms with Crippen LogP contribution in [0.2, 0.25) is 5.02 Å². The second-order valence-corrected chi connectivity index (χ2v) is 4.08. The molecule has 98 valence electrons. The number of nitrogens with one attached hydrogen (secondary N) is 1. The molecule has 2 aromatic rings. The zero-order valence-electron chi connectivity index (χ0n) is 9.62. The van der Waals surface area contributed by atoms with Crippen LogP contribution in [0, 0.1) is 10.1 Å². The van der Waals surface area contributed by atoms with Crippen molar-refractivity contribution in [3.63, 3.8) is 0 Å². The van der Waals surface area contributed by atoms with Crippen molar-refractivity contribution >= 4 is 28.9 Å². The molecule has 0 spiro atoms. The Hall–Kier alpha value is -2.41. The Bertz CT molecular complexity index is 612. The van der Waals surface area contributed by atoms with E-state index < -0.39 is 4.92 Å². The molecular formula is C11H9ClN4O3. The number of amides is 1. The molecule has 0 aliphatic rings. The highest BCUT2D eigenvalue weighted by atomic mass is 35.5. The van der Waals surface area contributed by atoms with Crippen LogP contribution in [-0.2, 0) is 11.3 Å². The van der Waals surface area contributed by atoms with Gasteiger partial charge >= 0.3 is 0 Å². The van der Waals surface area contributed by atoms with Gasteiger partial charge in [-0.05, 0) is 18.2 Å². The number of carbonyl (C=O) groups excluding carboxylic acids is 1. The molecule has 7 nitrogen and oxygen atoms in total. The maximum atomic E-state index is 11.7. The Balaban J connectivity index is 2.09. The fraction of sp³-hybridized carbons (Fsp3) is 0.0909. The van der Waals surface area contributed by atoms with Gasteiger partial charge in [-0.15, -0.1) is 0 Å². The van der Waals surface area contributed by atoms with Crippen LogP contribution in [0.5, 0.6) is 0 Å². The number of nitrogens with zero attached hydrogens (tertiary/aromatic N) is 3. The zero-order chi connectivity index (χ0) is 13.8. The fourth-order valence-corrected chi connectivity index (χ4v) is 1.66. The maximum Gasteiger partial charge on any atom is 0.289 e. The average Bonchev–Trinajstić information content (AvgIpc) is 2.84. The van der Waals surface area contributed by atoms with Gasteiger partial charge in [0, 0.05) is 24.1 Å². The van der Waals surface area contributed by atoms with Crippen molar-refractivity contribution in [1.82, 2.24) is 9.78 Å². The maximum absolute atomic E-state index is 11.7. The molecule has 8 heteroatoms. The molecule has 2 rings (SSSR count). The average molecular weight is 281 g/mol. The van der Waals surface area contributed by atoms with Crippen molar-refractivity contribution in [1.29, 1.82) is 0 Å². The van der Waals surface area contributed by atoms with E-state index >= 15 is 0 Å². The van der Waals surface area contributed by atoms with Crippen molar-refractivity contribution in [2.24, 2.45) is 0 Å². The first-order chi connectivity index (χ1) is 9.06. The number of carbonyl (C=O) groups is 1. The number of anilines is 1. The normalized spacial score (nSPS) is 10.2. The molecular weight excluding hydrogens is 272 g/mol. The van der Waals surface area contributed by atoms with Gasteiger partial charge < -0.3 is 5.32 Å². The first kappa shape index (κ1) is 13.0. The van der Waals surface area contributed by atoms with Gasteiger partial charge in [-0.3, -0.25) is 19.6 Å². The van der Waals surface area contributed by atoms with Crippen molar-refractivity contribution in [2.45, 2.75) is 6.54 Å². The van der Waals surface area contributed by atoms with E-state index in [-0.39, 0.29) is 23.2 Å². The van der Waals surface area contributed by atoms with Gasteiger partial charge in [0.2, 0.25) is 5.91 Å². The SMILES string of the molecule is O=C(Cn1cccn1)Nc1ccc(Cl)c([N+](=O)[O-])c1. The molecule has 1 amide bonds. The van der Waals surface area contributed by atoms with E-state index in [0.29, 0.717) is 5.69 Å². The lowest BCUT2D eigenvalue weighted by Gasteiger charge is -2.05. The minimum absolute atomic E-state index is 0.0232. The number of hydrogen-bond acceptors (Lipinski definition) is 4. The van der Waals surface area contributed by atoms with Gasteiger partial charge in [0.25, 0.3) is 5.69 Å². The Kier molecular flexibility index (Phi) is 3.76. The summed E-state index contributed by atoms with van der Waals surface area (Å²) in [6.07, 6.45) is 3.20. The van der Waals surface area contributed by atoms with Gasteiger partial charge in [-0.25, -0.2) is 0 Å². The summed E-state index contributed by atoms with van der Waals surface area (Å²) in [5.41, 5.74) is 0.0619. The van der Waals surface area contributed by atoms with Gasteiger partial charge in [-0.2, -0.15) is 5.10 Å². The van der Waals surface area contributed by atoms with Gasteiger partial charge in [0.15, 0.2) is 0 Å². The number of halogens is 1. The number of rotatable bonds is 4. The summed E-state index contributed by atoms with van der Waals surface area (Å²) in [6.45, 7) is 0.0312. The lowest BCUT2D eigenvalue weighted by Crippen LogP contribution is -2.19. The third-order valence-electron chi connectivity index (χ3n) is 2.29. The molecule has 0 aliphatic carbocycles. The Morgan fingerprint density at radius 1 is 1.53 bits per heavy atom. The van der Waals surface area contributed by atoms with Crippen molar-refractivity contribution in [3.05, 3.63) is 51.8 Å². The molecule has 1 aromatic carbocycles. The molecule has 0 aliphatic heterocycles. The van der Waals surface area contributed by atoms with Crippen LogP contribution in [0.3, 0.4) is 0 Å². The molecule has 0 fully saturated rings. The van der Waals surface area contributed by atoms with Crippen molar-refractivity contribution < 1.29 is 9.72 Å². The predicted molar refractivity (Wildman–Crippen MR) is 69.0 cm³/mol. The van der Waals surface area contributed by atoms with Crippen LogP contribution in [0.15, 0.2) is 36.7 Å². The van der Waals surface area contributed by atoms with Crippen LogP contribution < -0.4 is 5.32 Å². The smallest absolute Gasteiger partial charge is 0.289 e. The highest BCUT2D eigenvalue weighted by molar-refractivity contribution is 6.32. The molecule has 1 heterocycles. The lowest BCUT2D eigenvalue weighted by atomic mass is 10.3. The summed E-state index contributed by atoms with van der Waals surface area (Å²) in [5.74, 6) is -0.333. The molecule has 1 aromatic heterocycles. The monoisotopic (exact) mass is 280 g/mol. The molecule has 1 N–H and O–H groups in total. The van der Waals surface area contributed by atoms with Gasteiger partial charge in [0.1, 0.15) is 11.6 Å². The summed E-state index contributed by atoms with van der Waals surface area (Å²) in [4.78, 5) is 21.8. The van der Waals surface area contributed by atoms with E-state index in [9.17, 15) is 14.9 Å². The van der Waals surface area contributed by atoms with Gasteiger partial charge in [-0.1, -0.05) is 11.6 Å². The van der Waals surface area contributed by atoms with Crippen molar-refractivity contribution in [2.75, 3.05) is 5.32 Å². The molecule has 0 atom stereocenters. The molecule has 0 saturated heterocycles. The molecule has 0 bridgehead atoms. The number of nitro benzene ring substituents is 1. The standard InChI is InChI=1S/C11H9ClN4O3/c12-9-3-2-8(6-10(9)16(18)19)14-11(17)7-15-5-1-4-13-15/h1-6H,7H2,(H,14,17). The van der Waals surface area contributed by atoms with E-state index in [2.05, 4.69) is 10.4 Å². The fourth-order valence-electron chi connectivity index (χ4n) is 1.47. The van der Waals surface area contributed by atoms with E-state index in [0.717, 1.165) is 0 Å². The van der Waals surface area contributed by atoms with Gasteiger partial charge in [0.05, 0.1) is 4.92 Å². The van der Waals surface area contributed by atoms with Crippen LogP contribution in [0.1, 0.15) is 0 Å². The lowest BCUT2D eigenvalue weighted by molar-refractivity contribution is -0.384. The number of benzene rings is 1. The Morgan fingerprint density at radius 3 is 2.95 bits per heavy atom. The third kappa shape index (κ3) is 3.29. The Labute approximate surface area is 112 Å². The quantitative estimate of drug-likeness (QED) is 0.686. The van der Waals surface area contributed by atoms with Crippen LogP contribution in [-0.4, -0.2) is 20.6 Å². The molecule has 0 saturated carbocycles. The zero-order valence-corrected chi connectivity index (χ0v) is 10.4. The summed E-state index contributed by atoms with van der Waals surface area (Å²) >= 11 is 5.67. The first-order valence-electron chi connectivity index (χ1n) is 5.27. The summed E-state index contributed by atoms with van der Waals surface area (Å²) < 4.78 is 1.44. The predicted octanol–water partition coefficient (Wildman–Crippen LogP) is 2.08. The second-order valence-electron chi connectivity index (χ2n) is 3.68. The minimum Gasteiger partial charge on any atom is -0.324 e. The number of aromatic nitrogens is 2. The van der Waals surface area contributed by atoms with E-state index in [1.165, 1.54) is 22.9 Å². The number of nitro groups is 1. The van der Waals surface area contributed by atoms with E-state index in [4.69, 9.17) is 11.6 Å². The van der Waals surface area contributed by atoms with Crippen molar-refractivity contribution in [3.8, 4) is 0 Å². The minimum atomic E-state index is -0.606. The largest absolute Gasteiger partial charge is 0.324 e. The number of hydrogen-bond donors (Lipinski definition) is 1. The van der Waals surface area contributed by atoms with E-state index in [1.807, 2.05) is 0 Å². The summed E-state index contributed by atoms with van der Waals surface area (Å²) in [6, 6.07) is 5.77. The van der Waals surface area contributed by atoms with Crippen LogP contribution >= 0.6 is 11.6 Å². The Morgan fingerprint density at radius 2 is 2.32 bits per heavy atom. The third-order valence-corrected chi connectivity index (χ3v) is 2.61. The topological polar surface area (TPSA) is 90.1 Å². The highest BCUT2D eigenvalue weighted by Crippen LogP contribution is 2.27. The summed E-state index contributed by atoms with van der Waals surface area (Å²) in [5, 5.41) is 17.2. The molecule has 0 radical (unpaired) electrons. The molecule has 19 heavy (non-hydrogen) atoms. The highest BCUT2D eigenvalue weighted by Gasteiger charge is 2.13. The first-order valence-corrected chi connectivity index (χ1v) is 5.65. The summed E-state index contributed by atoms with van der Waals surface area (Å²) in [7, 11) is 0. The van der Waals surface area contributed by atoms with E-state index in [1.54, 1.807) is 18.5 Å². The van der Waals surface area contributed by atoms with Crippen LogP contribution in [0.25, 0.3) is 0 Å². The second kappa shape index (κ2) is 5.49. The van der Waals surface area contributed by atoms with Crippen LogP contribution in [0.4, 0.5) is 11.4 Å².